The maximum atomic E-state index is 12.4. The van der Waals surface area contributed by atoms with Gasteiger partial charge in [0.1, 0.15) is 0 Å². The molecule has 1 aromatic carbocycles. The van der Waals surface area contributed by atoms with E-state index in [0.29, 0.717) is 30.1 Å². The Kier molecular flexibility index (Phi) is 5.11. The molecule has 0 bridgehead atoms. The Morgan fingerprint density at radius 3 is 2.58 bits per heavy atom. The standard InChI is InChI=1S/C20H26N4O2/c1-12-5-6-15(20(26)21-16-7-8-16)11-18(12)22-19(25)10-9-17-13(2)23-24(4)14(17)3/h5-6,11,16H,7-10H2,1-4H3,(H,21,26)(H,22,25). The first kappa shape index (κ1) is 18.2. The molecule has 1 saturated carbocycles. The molecule has 6 nitrogen and oxygen atoms in total. The number of carbonyl (C=O) groups excluding carboxylic acids is 2. The number of aromatic nitrogens is 2. The van der Waals surface area contributed by atoms with Crippen molar-refractivity contribution in [1.29, 1.82) is 0 Å². The maximum Gasteiger partial charge on any atom is 0.251 e. The fourth-order valence-electron chi connectivity index (χ4n) is 3.02. The second kappa shape index (κ2) is 7.32. The van der Waals surface area contributed by atoms with Crippen molar-refractivity contribution in [2.24, 2.45) is 7.05 Å². The summed E-state index contributed by atoms with van der Waals surface area (Å²) in [5, 5.41) is 10.3. The lowest BCUT2D eigenvalue weighted by Gasteiger charge is -2.11. The van der Waals surface area contributed by atoms with E-state index < -0.39 is 0 Å². The van der Waals surface area contributed by atoms with Crippen molar-refractivity contribution in [2.75, 3.05) is 5.32 Å². The van der Waals surface area contributed by atoms with Crippen LogP contribution in [0.5, 0.6) is 0 Å². The van der Waals surface area contributed by atoms with E-state index in [9.17, 15) is 9.59 Å². The molecule has 0 unspecified atom stereocenters. The Labute approximate surface area is 154 Å². The summed E-state index contributed by atoms with van der Waals surface area (Å²) < 4.78 is 1.84. The molecular weight excluding hydrogens is 328 g/mol. The van der Waals surface area contributed by atoms with Crippen molar-refractivity contribution in [1.82, 2.24) is 15.1 Å². The third-order valence-corrected chi connectivity index (χ3v) is 4.95. The Bertz CT molecular complexity index is 850. The number of hydrogen-bond acceptors (Lipinski definition) is 3. The van der Waals surface area contributed by atoms with Gasteiger partial charge in [-0.2, -0.15) is 5.10 Å². The summed E-state index contributed by atoms with van der Waals surface area (Å²) in [5.74, 6) is -0.139. The van der Waals surface area contributed by atoms with Gasteiger partial charge in [-0.1, -0.05) is 6.07 Å². The summed E-state index contributed by atoms with van der Waals surface area (Å²) in [6, 6.07) is 5.73. The summed E-state index contributed by atoms with van der Waals surface area (Å²) in [6.07, 6.45) is 3.13. The Morgan fingerprint density at radius 2 is 1.96 bits per heavy atom. The lowest BCUT2D eigenvalue weighted by Crippen LogP contribution is -2.25. The number of nitrogens with one attached hydrogen (secondary N) is 2. The minimum atomic E-state index is -0.0791. The van der Waals surface area contributed by atoms with Crippen molar-refractivity contribution in [3.8, 4) is 0 Å². The molecule has 0 atom stereocenters. The van der Waals surface area contributed by atoms with Crippen molar-refractivity contribution in [3.63, 3.8) is 0 Å². The zero-order valence-electron chi connectivity index (χ0n) is 15.8. The topological polar surface area (TPSA) is 76.0 Å². The molecule has 1 aromatic heterocycles. The van der Waals surface area contributed by atoms with Crippen LogP contribution >= 0.6 is 0 Å². The van der Waals surface area contributed by atoms with E-state index in [0.717, 1.165) is 35.4 Å². The highest BCUT2D eigenvalue weighted by Gasteiger charge is 2.24. The molecule has 2 N–H and O–H groups in total. The van der Waals surface area contributed by atoms with E-state index in [1.54, 1.807) is 12.1 Å². The average molecular weight is 354 g/mol. The van der Waals surface area contributed by atoms with Crippen LogP contribution in [0.2, 0.25) is 0 Å². The van der Waals surface area contributed by atoms with E-state index in [2.05, 4.69) is 15.7 Å². The predicted molar refractivity (Wildman–Crippen MR) is 101 cm³/mol. The van der Waals surface area contributed by atoms with Crippen LogP contribution < -0.4 is 10.6 Å². The van der Waals surface area contributed by atoms with Gasteiger partial charge in [0.05, 0.1) is 5.69 Å². The lowest BCUT2D eigenvalue weighted by molar-refractivity contribution is -0.116. The molecule has 2 aromatic rings. The van der Waals surface area contributed by atoms with E-state index in [1.165, 1.54) is 0 Å². The van der Waals surface area contributed by atoms with E-state index in [4.69, 9.17) is 0 Å². The van der Waals surface area contributed by atoms with Gasteiger partial charge in [-0.3, -0.25) is 14.3 Å². The number of nitrogens with zero attached hydrogens (tertiary/aromatic N) is 2. The van der Waals surface area contributed by atoms with Crippen molar-refractivity contribution in [2.45, 2.75) is 52.5 Å². The van der Waals surface area contributed by atoms with Gasteiger partial charge in [-0.25, -0.2) is 0 Å². The van der Waals surface area contributed by atoms with Crippen LogP contribution in [0.1, 0.15) is 52.1 Å². The van der Waals surface area contributed by atoms with Crippen LogP contribution in [0.3, 0.4) is 0 Å². The molecular formula is C20H26N4O2. The zero-order chi connectivity index (χ0) is 18.8. The summed E-state index contributed by atoms with van der Waals surface area (Å²) in [6.45, 7) is 5.90. The molecule has 0 aliphatic heterocycles. The maximum absolute atomic E-state index is 12.4. The zero-order valence-corrected chi connectivity index (χ0v) is 15.8. The number of amides is 2. The largest absolute Gasteiger partial charge is 0.349 e. The molecule has 1 aliphatic carbocycles. The highest BCUT2D eigenvalue weighted by atomic mass is 16.2. The first-order valence-electron chi connectivity index (χ1n) is 9.05. The predicted octanol–water partition coefficient (Wildman–Crippen LogP) is 2.81. The molecule has 3 rings (SSSR count). The molecule has 26 heavy (non-hydrogen) atoms. The van der Waals surface area contributed by atoms with E-state index in [-0.39, 0.29) is 11.8 Å². The van der Waals surface area contributed by atoms with Crippen molar-refractivity contribution < 1.29 is 9.59 Å². The second-order valence-corrected chi connectivity index (χ2v) is 7.10. The molecule has 1 aliphatic rings. The Balaban J connectivity index is 1.63. The van der Waals surface area contributed by atoms with E-state index >= 15 is 0 Å². The van der Waals surface area contributed by atoms with Crippen LogP contribution in [0, 0.1) is 20.8 Å². The number of rotatable bonds is 6. The van der Waals surface area contributed by atoms with Crippen LogP contribution in [0.4, 0.5) is 5.69 Å². The third-order valence-electron chi connectivity index (χ3n) is 4.95. The number of hydrogen-bond donors (Lipinski definition) is 2. The molecule has 0 spiro atoms. The van der Waals surface area contributed by atoms with Crippen molar-refractivity contribution >= 4 is 17.5 Å². The minimum absolute atomic E-state index is 0.0597. The number of benzene rings is 1. The first-order valence-corrected chi connectivity index (χ1v) is 9.05. The number of aryl methyl sites for hydroxylation is 3. The Hall–Kier alpha value is -2.63. The second-order valence-electron chi connectivity index (χ2n) is 7.10. The molecule has 138 valence electrons. The van der Waals surface area contributed by atoms with Crippen LogP contribution in [-0.2, 0) is 18.3 Å². The van der Waals surface area contributed by atoms with Gasteiger partial charge in [0, 0.05) is 36.5 Å². The van der Waals surface area contributed by atoms with Crippen LogP contribution in [0.15, 0.2) is 18.2 Å². The van der Waals surface area contributed by atoms with Gasteiger partial charge in [-0.15, -0.1) is 0 Å². The third kappa shape index (κ3) is 4.12. The fourth-order valence-corrected chi connectivity index (χ4v) is 3.02. The molecule has 0 radical (unpaired) electrons. The quantitative estimate of drug-likeness (QED) is 0.837. The fraction of sp³-hybridized carbons (Fsp3) is 0.450. The summed E-state index contributed by atoms with van der Waals surface area (Å²) in [7, 11) is 1.91. The van der Waals surface area contributed by atoms with E-state index in [1.807, 2.05) is 38.6 Å². The SMILES string of the molecule is Cc1ccc(C(=O)NC2CC2)cc1NC(=O)CCc1c(C)nn(C)c1C. The number of anilines is 1. The van der Waals surface area contributed by atoms with Crippen molar-refractivity contribution in [3.05, 3.63) is 46.3 Å². The monoisotopic (exact) mass is 354 g/mol. The van der Waals surface area contributed by atoms with Gasteiger partial charge in [0.25, 0.3) is 5.91 Å². The normalized spacial score (nSPS) is 13.5. The molecule has 1 fully saturated rings. The minimum Gasteiger partial charge on any atom is -0.349 e. The molecule has 1 heterocycles. The highest BCUT2D eigenvalue weighted by molar-refractivity contribution is 5.98. The average Bonchev–Trinajstić information content (AvgIpc) is 3.36. The summed E-state index contributed by atoms with van der Waals surface area (Å²) in [4.78, 5) is 24.6. The van der Waals surface area contributed by atoms with Crippen LogP contribution in [-0.4, -0.2) is 27.6 Å². The van der Waals surface area contributed by atoms with Gasteiger partial charge < -0.3 is 10.6 Å². The summed E-state index contributed by atoms with van der Waals surface area (Å²) in [5.41, 5.74) is 5.39. The van der Waals surface area contributed by atoms with Gasteiger partial charge in [0.15, 0.2) is 0 Å². The van der Waals surface area contributed by atoms with Crippen LogP contribution in [0.25, 0.3) is 0 Å². The van der Waals surface area contributed by atoms with Gasteiger partial charge in [0.2, 0.25) is 5.91 Å². The first-order chi connectivity index (χ1) is 12.3. The smallest absolute Gasteiger partial charge is 0.251 e. The highest BCUT2D eigenvalue weighted by Crippen LogP contribution is 2.22. The Morgan fingerprint density at radius 1 is 1.23 bits per heavy atom. The number of carbonyl (C=O) groups is 2. The van der Waals surface area contributed by atoms with Gasteiger partial charge in [-0.05, 0) is 63.3 Å². The van der Waals surface area contributed by atoms with Gasteiger partial charge >= 0.3 is 0 Å². The molecule has 0 saturated heterocycles. The summed E-state index contributed by atoms with van der Waals surface area (Å²) >= 11 is 0. The lowest BCUT2D eigenvalue weighted by atomic mass is 10.1. The molecule has 2 amide bonds. The molecule has 6 heteroatoms.